The fourth-order valence-corrected chi connectivity index (χ4v) is 1.46. The molecule has 0 aliphatic rings. The van der Waals surface area contributed by atoms with Gasteiger partial charge in [-0.15, -0.1) is 0 Å². The Morgan fingerprint density at radius 2 is 1.94 bits per heavy atom. The molecule has 0 saturated heterocycles. The molecule has 0 radical (unpaired) electrons. The van der Waals surface area contributed by atoms with Crippen molar-refractivity contribution in [3.05, 3.63) is 29.8 Å². The lowest BCUT2D eigenvalue weighted by molar-refractivity contribution is -0.158. The van der Waals surface area contributed by atoms with Crippen LogP contribution in [0.5, 0.6) is 5.75 Å². The molecule has 17 heavy (non-hydrogen) atoms. The molecule has 0 spiro atoms. The highest BCUT2D eigenvalue weighted by atomic mass is 16.6. The Labute approximate surface area is 101 Å². The van der Waals surface area contributed by atoms with Gasteiger partial charge in [0.25, 0.3) is 0 Å². The van der Waals surface area contributed by atoms with E-state index in [-0.39, 0.29) is 6.61 Å². The second-order valence-corrected chi connectivity index (χ2v) is 4.07. The summed E-state index contributed by atoms with van der Waals surface area (Å²) in [5.74, 6) is -0.511. The van der Waals surface area contributed by atoms with Gasteiger partial charge in [-0.25, -0.2) is 4.79 Å². The summed E-state index contributed by atoms with van der Waals surface area (Å²) >= 11 is 0. The average Bonchev–Trinajstić information content (AvgIpc) is 2.30. The molecule has 1 aromatic carbocycles. The molecule has 4 nitrogen and oxygen atoms in total. The fraction of sp³-hybridized carbons (Fsp3) is 0.462. The van der Waals surface area contributed by atoms with Crippen molar-refractivity contribution in [2.45, 2.75) is 25.9 Å². The first-order chi connectivity index (χ1) is 8.01. The summed E-state index contributed by atoms with van der Waals surface area (Å²) < 4.78 is 10.4. The van der Waals surface area contributed by atoms with Gasteiger partial charge in [0, 0.05) is 7.11 Å². The van der Waals surface area contributed by atoms with E-state index in [4.69, 9.17) is 14.6 Å². The molecule has 1 aromatic rings. The van der Waals surface area contributed by atoms with Gasteiger partial charge >= 0.3 is 5.97 Å². The van der Waals surface area contributed by atoms with Crippen molar-refractivity contribution in [1.82, 2.24) is 0 Å². The maximum atomic E-state index is 11.1. The number of carboxylic acids is 1. The van der Waals surface area contributed by atoms with Crippen LogP contribution >= 0.6 is 0 Å². The summed E-state index contributed by atoms with van der Waals surface area (Å²) in [6.07, 6.45) is 0.939. The summed E-state index contributed by atoms with van der Waals surface area (Å²) in [5.41, 5.74) is -0.177. The highest BCUT2D eigenvalue weighted by Crippen LogP contribution is 2.20. The first-order valence-corrected chi connectivity index (χ1v) is 5.52. The maximum Gasteiger partial charge on any atom is 0.350 e. The average molecular weight is 238 g/mol. The molecule has 0 fully saturated rings. The van der Waals surface area contributed by atoms with Crippen molar-refractivity contribution < 1.29 is 19.4 Å². The van der Waals surface area contributed by atoms with Gasteiger partial charge in [-0.2, -0.15) is 0 Å². The molecule has 4 heteroatoms. The van der Waals surface area contributed by atoms with Crippen molar-refractivity contribution in [2.75, 3.05) is 13.7 Å². The summed E-state index contributed by atoms with van der Waals surface area (Å²) in [5, 5.41) is 9.12. The highest BCUT2D eigenvalue weighted by Gasteiger charge is 2.35. The fourth-order valence-electron chi connectivity index (χ4n) is 1.46. The minimum atomic E-state index is -1.36. The van der Waals surface area contributed by atoms with Gasteiger partial charge in [0.1, 0.15) is 5.75 Å². The highest BCUT2D eigenvalue weighted by molar-refractivity contribution is 5.77. The summed E-state index contributed by atoms with van der Waals surface area (Å²) in [6, 6.07) is 7.39. The molecule has 0 aliphatic heterocycles. The van der Waals surface area contributed by atoms with Crippen LogP contribution in [0.2, 0.25) is 0 Å². The normalized spacial score (nSPS) is 14.1. The minimum Gasteiger partial charge on any atom is -0.478 e. The summed E-state index contributed by atoms with van der Waals surface area (Å²) in [6.45, 7) is 3.55. The van der Waals surface area contributed by atoms with Crippen molar-refractivity contribution in [3.63, 3.8) is 0 Å². The molecule has 0 amide bonds. The lowest BCUT2D eigenvalue weighted by Crippen LogP contribution is -2.45. The molecule has 1 N–H and O–H groups in total. The standard InChI is InChI=1S/C13H18O4/c1-4-10-5-7-11(8-6-10)17-13(2,9-16-3)12(14)15/h5-8H,4,9H2,1-3H3,(H,14,15). The number of benzene rings is 1. The van der Waals surface area contributed by atoms with Crippen molar-refractivity contribution in [3.8, 4) is 5.75 Å². The van der Waals surface area contributed by atoms with Gasteiger partial charge in [0.2, 0.25) is 5.60 Å². The Balaban J connectivity index is 2.82. The number of aryl methyl sites for hydroxylation is 1. The summed E-state index contributed by atoms with van der Waals surface area (Å²) in [7, 11) is 1.45. The Bertz CT molecular complexity index is 372. The van der Waals surface area contributed by atoms with E-state index in [1.54, 1.807) is 12.1 Å². The zero-order valence-electron chi connectivity index (χ0n) is 10.4. The third-order valence-corrected chi connectivity index (χ3v) is 2.55. The van der Waals surface area contributed by atoms with Crippen LogP contribution in [0.4, 0.5) is 0 Å². The molecule has 0 aromatic heterocycles. The van der Waals surface area contributed by atoms with Crippen LogP contribution in [-0.4, -0.2) is 30.4 Å². The van der Waals surface area contributed by atoms with E-state index >= 15 is 0 Å². The van der Waals surface area contributed by atoms with Crippen molar-refractivity contribution >= 4 is 5.97 Å². The van der Waals surface area contributed by atoms with Crippen LogP contribution in [0.1, 0.15) is 19.4 Å². The number of hydrogen-bond donors (Lipinski definition) is 1. The SMILES string of the molecule is CCc1ccc(OC(C)(COC)C(=O)O)cc1. The van der Waals surface area contributed by atoms with Crippen LogP contribution in [0.25, 0.3) is 0 Å². The monoisotopic (exact) mass is 238 g/mol. The first-order valence-electron chi connectivity index (χ1n) is 5.52. The lowest BCUT2D eigenvalue weighted by Gasteiger charge is -2.25. The quantitative estimate of drug-likeness (QED) is 0.824. The number of ether oxygens (including phenoxy) is 2. The van der Waals surface area contributed by atoms with Gasteiger partial charge in [-0.05, 0) is 31.0 Å². The Morgan fingerprint density at radius 3 is 2.35 bits per heavy atom. The predicted molar refractivity (Wildman–Crippen MR) is 64.4 cm³/mol. The van der Waals surface area contributed by atoms with Crippen molar-refractivity contribution in [2.24, 2.45) is 0 Å². The van der Waals surface area contributed by atoms with E-state index in [2.05, 4.69) is 6.92 Å². The molecule has 0 heterocycles. The molecular formula is C13H18O4. The molecule has 0 aliphatic carbocycles. The van der Waals surface area contributed by atoms with Crippen LogP contribution in [0.15, 0.2) is 24.3 Å². The number of carboxylic acid groups (broad SMARTS) is 1. The van der Waals surface area contributed by atoms with E-state index in [9.17, 15) is 4.79 Å². The zero-order chi connectivity index (χ0) is 12.9. The smallest absolute Gasteiger partial charge is 0.350 e. The number of aliphatic carboxylic acids is 1. The molecule has 0 bridgehead atoms. The van der Waals surface area contributed by atoms with E-state index in [1.807, 2.05) is 12.1 Å². The van der Waals surface area contributed by atoms with Gasteiger partial charge in [0.05, 0.1) is 6.61 Å². The second-order valence-electron chi connectivity index (χ2n) is 4.07. The summed E-state index contributed by atoms with van der Waals surface area (Å²) in [4.78, 5) is 11.1. The predicted octanol–water partition coefficient (Wildman–Crippen LogP) is 2.12. The molecular weight excluding hydrogens is 220 g/mol. The molecule has 1 unspecified atom stereocenters. The van der Waals surface area contributed by atoms with Gasteiger partial charge in [-0.3, -0.25) is 0 Å². The van der Waals surface area contributed by atoms with Crippen LogP contribution in [0, 0.1) is 0 Å². The van der Waals surface area contributed by atoms with Crippen LogP contribution < -0.4 is 4.74 Å². The molecule has 94 valence electrons. The topological polar surface area (TPSA) is 55.8 Å². The van der Waals surface area contributed by atoms with E-state index in [0.29, 0.717) is 5.75 Å². The van der Waals surface area contributed by atoms with Gasteiger partial charge in [0.15, 0.2) is 0 Å². The maximum absolute atomic E-state index is 11.1. The number of methoxy groups -OCH3 is 1. The zero-order valence-corrected chi connectivity index (χ0v) is 10.4. The van der Waals surface area contributed by atoms with Gasteiger partial charge < -0.3 is 14.6 Å². The number of hydrogen-bond acceptors (Lipinski definition) is 3. The number of rotatable bonds is 6. The lowest BCUT2D eigenvalue weighted by atomic mass is 10.1. The second kappa shape index (κ2) is 5.68. The largest absolute Gasteiger partial charge is 0.478 e. The minimum absolute atomic E-state index is 0.00212. The van der Waals surface area contributed by atoms with Crippen LogP contribution in [0.3, 0.4) is 0 Å². The van der Waals surface area contributed by atoms with E-state index in [0.717, 1.165) is 6.42 Å². The Morgan fingerprint density at radius 1 is 1.35 bits per heavy atom. The molecule has 1 atom stereocenters. The Kier molecular flexibility index (Phi) is 4.52. The van der Waals surface area contributed by atoms with Crippen molar-refractivity contribution in [1.29, 1.82) is 0 Å². The molecule has 0 saturated carbocycles. The first kappa shape index (κ1) is 13.5. The van der Waals surface area contributed by atoms with E-state index < -0.39 is 11.6 Å². The van der Waals surface area contributed by atoms with Gasteiger partial charge in [-0.1, -0.05) is 19.1 Å². The third-order valence-electron chi connectivity index (χ3n) is 2.55. The van der Waals surface area contributed by atoms with Crippen LogP contribution in [-0.2, 0) is 16.0 Å². The Hall–Kier alpha value is -1.55. The third kappa shape index (κ3) is 3.46. The van der Waals surface area contributed by atoms with E-state index in [1.165, 1.54) is 19.6 Å². The number of carbonyl (C=O) groups is 1. The molecule has 1 rings (SSSR count).